The molecule has 0 radical (unpaired) electrons. The van der Waals surface area contributed by atoms with Gasteiger partial charge in [-0.25, -0.2) is 0 Å². The van der Waals surface area contributed by atoms with Crippen LogP contribution < -0.4 is 5.73 Å². The first-order valence-corrected chi connectivity index (χ1v) is 7.06. The summed E-state index contributed by atoms with van der Waals surface area (Å²) in [6.45, 7) is 11.9. The zero-order valence-electron chi connectivity index (χ0n) is 11.4. The van der Waals surface area contributed by atoms with Gasteiger partial charge in [0, 0.05) is 6.54 Å². The molecular weight excluding hydrogens is 196 g/mol. The molecule has 2 N–H and O–H groups in total. The van der Waals surface area contributed by atoms with E-state index in [9.17, 15) is 0 Å². The summed E-state index contributed by atoms with van der Waals surface area (Å²) in [6.07, 6.45) is 5.27. The van der Waals surface area contributed by atoms with Crippen LogP contribution in [-0.4, -0.2) is 31.1 Å². The number of piperidine rings is 1. The molecule has 2 nitrogen and oxygen atoms in total. The van der Waals surface area contributed by atoms with Crippen LogP contribution >= 0.6 is 0 Å². The molecule has 0 aromatic carbocycles. The second kappa shape index (κ2) is 7.29. The lowest BCUT2D eigenvalue weighted by Gasteiger charge is -2.35. The predicted molar refractivity (Wildman–Crippen MR) is 71.5 cm³/mol. The van der Waals surface area contributed by atoms with Gasteiger partial charge in [-0.05, 0) is 63.1 Å². The van der Waals surface area contributed by atoms with Crippen molar-refractivity contribution in [2.24, 2.45) is 23.5 Å². The summed E-state index contributed by atoms with van der Waals surface area (Å²) < 4.78 is 0. The summed E-state index contributed by atoms with van der Waals surface area (Å²) >= 11 is 0. The Kier molecular flexibility index (Phi) is 6.37. The fraction of sp³-hybridized carbons (Fsp3) is 1.00. The molecule has 3 atom stereocenters. The maximum atomic E-state index is 5.57. The normalized spacial score (nSPS) is 29.2. The molecule has 1 rings (SSSR count). The first-order valence-electron chi connectivity index (χ1n) is 7.06. The van der Waals surface area contributed by atoms with Gasteiger partial charge in [0.15, 0.2) is 0 Å². The molecule has 3 unspecified atom stereocenters. The summed E-state index contributed by atoms with van der Waals surface area (Å²) in [5.74, 6) is 2.62. The molecule has 1 aliphatic heterocycles. The van der Waals surface area contributed by atoms with E-state index in [0.717, 1.165) is 24.3 Å². The Morgan fingerprint density at radius 2 is 2.00 bits per heavy atom. The first kappa shape index (κ1) is 14.0. The largest absolute Gasteiger partial charge is 0.330 e. The third-order valence-electron chi connectivity index (χ3n) is 4.25. The second-order valence-corrected chi connectivity index (χ2v) is 5.87. The Hall–Kier alpha value is -0.0800. The van der Waals surface area contributed by atoms with Gasteiger partial charge in [-0.2, -0.15) is 0 Å². The van der Waals surface area contributed by atoms with E-state index in [1.54, 1.807) is 0 Å². The van der Waals surface area contributed by atoms with E-state index >= 15 is 0 Å². The average Bonchev–Trinajstić information content (AvgIpc) is 2.24. The molecule has 0 amide bonds. The zero-order valence-corrected chi connectivity index (χ0v) is 11.4. The van der Waals surface area contributed by atoms with Gasteiger partial charge in [0.25, 0.3) is 0 Å². The monoisotopic (exact) mass is 226 g/mol. The second-order valence-electron chi connectivity index (χ2n) is 5.87. The van der Waals surface area contributed by atoms with E-state index in [1.807, 2.05) is 0 Å². The minimum Gasteiger partial charge on any atom is -0.330 e. The average molecular weight is 226 g/mol. The molecule has 1 aliphatic rings. The van der Waals surface area contributed by atoms with Crippen LogP contribution in [-0.2, 0) is 0 Å². The molecule has 1 fully saturated rings. The highest BCUT2D eigenvalue weighted by Crippen LogP contribution is 2.22. The lowest BCUT2D eigenvalue weighted by Crippen LogP contribution is -2.38. The van der Waals surface area contributed by atoms with Crippen molar-refractivity contribution in [3.8, 4) is 0 Å². The Bertz CT molecular complexity index is 182. The van der Waals surface area contributed by atoms with Gasteiger partial charge >= 0.3 is 0 Å². The van der Waals surface area contributed by atoms with Gasteiger partial charge in [0.2, 0.25) is 0 Å². The molecule has 0 bridgehead atoms. The van der Waals surface area contributed by atoms with Crippen molar-refractivity contribution in [2.75, 3.05) is 26.2 Å². The van der Waals surface area contributed by atoms with Crippen molar-refractivity contribution in [1.29, 1.82) is 0 Å². The molecule has 2 heteroatoms. The van der Waals surface area contributed by atoms with Crippen LogP contribution in [0.1, 0.15) is 46.5 Å². The first-order chi connectivity index (χ1) is 7.63. The molecule has 96 valence electrons. The Morgan fingerprint density at radius 3 is 2.62 bits per heavy atom. The van der Waals surface area contributed by atoms with Crippen molar-refractivity contribution in [3.05, 3.63) is 0 Å². The highest BCUT2D eigenvalue weighted by Gasteiger charge is 2.21. The molecule has 0 aliphatic carbocycles. The molecule has 0 aromatic rings. The molecule has 0 aromatic heterocycles. The summed E-state index contributed by atoms with van der Waals surface area (Å²) in [5.41, 5.74) is 5.57. The van der Waals surface area contributed by atoms with Gasteiger partial charge in [-0.3, -0.25) is 0 Å². The Labute approximate surface area is 102 Å². The van der Waals surface area contributed by atoms with Crippen molar-refractivity contribution in [1.82, 2.24) is 4.90 Å². The molecule has 1 saturated heterocycles. The quantitative estimate of drug-likeness (QED) is 0.754. The minimum atomic E-state index is 0.811. The summed E-state index contributed by atoms with van der Waals surface area (Å²) in [4.78, 5) is 2.65. The Balaban J connectivity index is 2.09. The van der Waals surface area contributed by atoms with Gasteiger partial charge in [-0.15, -0.1) is 0 Å². The topological polar surface area (TPSA) is 29.3 Å². The van der Waals surface area contributed by atoms with Crippen LogP contribution in [0.25, 0.3) is 0 Å². The van der Waals surface area contributed by atoms with E-state index in [4.69, 9.17) is 5.73 Å². The number of hydrogen-bond acceptors (Lipinski definition) is 2. The molecule has 16 heavy (non-hydrogen) atoms. The fourth-order valence-electron chi connectivity index (χ4n) is 2.64. The van der Waals surface area contributed by atoms with Gasteiger partial charge in [-0.1, -0.05) is 20.8 Å². The lowest BCUT2D eigenvalue weighted by molar-refractivity contribution is 0.135. The third-order valence-corrected chi connectivity index (χ3v) is 4.25. The van der Waals surface area contributed by atoms with Gasteiger partial charge in [0.05, 0.1) is 0 Å². The number of likely N-dealkylation sites (tertiary alicyclic amines) is 1. The van der Waals surface area contributed by atoms with Crippen molar-refractivity contribution < 1.29 is 0 Å². The van der Waals surface area contributed by atoms with Crippen LogP contribution in [0.3, 0.4) is 0 Å². The lowest BCUT2D eigenvalue weighted by atomic mass is 9.88. The van der Waals surface area contributed by atoms with Crippen LogP contribution in [0.5, 0.6) is 0 Å². The van der Waals surface area contributed by atoms with Crippen molar-refractivity contribution >= 4 is 0 Å². The standard InChI is InChI=1S/C14H30N2/c1-12(6-8-15)5-4-9-16-10-7-13(2)14(3)11-16/h12-14H,4-11,15H2,1-3H3. The number of nitrogens with two attached hydrogens (primary N) is 1. The number of nitrogens with zero attached hydrogens (tertiary/aromatic N) is 1. The molecule has 0 spiro atoms. The van der Waals surface area contributed by atoms with Crippen molar-refractivity contribution in [3.63, 3.8) is 0 Å². The maximum absolute atomic E-state index is 5.57. The Morgan fingerprint density at radius 1 is 1.25 bits per heavy atom. The number of hydrogen-bond donors (Lipinski definition) is 1. The van der Waals surface area contributed by atoms with E-state index in [2.05, 4.69) is 25.7 Å². The highest BCUT2D eigenvalue weighted by molar-refractivity contribution is 4.75. The zero-order chi connectivity index (χ0) is 12.0. The summed E-state index contributed by atoms with van der Waals surface area (Å²) in [7, 11) is 0. The summed E-state index contributed by atoms with van der Waals surface area (Å²) in [6, 6.07) is 0. The highest BCUT2D eigenvalue weighted by atomic mass is 15.1. The molecule has 0 saturated carbocycles. The van der Waals surface area contributed by atoms with E-state index in [-0.39, 0.29) is 0 Å². The predicted octanol–water partition coefficient (Wildman–Crippen LogP) is 2.73. The van der Waals surface area contributed by atoms with Crippen LogP contribution in [0, 0.1) is 17.8 Å². The molecule has 1 heterocycles. The minimum absolute atomic E-state index is 0.811. The van der Waals surface area contributed by atoms with Gasteiger partial charge < -0.3 is 10.6 Å². The maximum Gasteiger partial charge on any atom is 0.000957 e. The SMILES string of the molecule is CC(CCN)CCCN1CCC(C)C(C)C1. The van der Waals surface area contributed by atoms with E-state index < -0.39 is 0 Å². The van der Waals surface area contributed by atoms with Gasteiger partial charge in [0.1, 0.15) is 0 Å². The van der Waals surface area contributed by atoms with E-state index in [1.165, 1.54) is 45.3 Å². The number of rotatable bonds is 6. The van der Waals surface area contributed by atoms with Crippen molar-refractivity contribution in [2.45, 2.75) is 46.5 Å². The molecular formula is C14H30N2. The van der Waals surface area contributed by atoms with Crippen LogP contribution in [0.4, 0.5) is 0 Å². The van der Waals surface area contributed by atoms with Crippen LogP contribution in [0.2, 0.25) is 0 Å². The third kappa shape index (κ3) is 4.84. The summed E-state index contributed by atoms with van der Waals surface area (Å²) in [5, 5.41) is 0. The van der Waals surface area contributed by atoms with E-state index in [0.29, 0.717) is 0 Å². The smallest absolute Gasteiger partial charge is 0.000957 e. The van der Waals surface area contributed by atoms with Crippen LogP contribution in [0.15, 0.2) is 0 Å². The fourth-order valence-corrected chi connectivity index (χ4v) is 2.64.